The van der Waals surface area contributed by atoms with Gasteiger partial charge in [-0.25, -0.2) is 0 Å². The van der Waals surface area contributed by atoms with E-state index < -0.39 is 0 Å². The fourth-order valence-corrected chi connectivity index (χ4v) is 2.49. The molecule has 0 atom stereocenters. The fraction of sp³-hybridized carbons (Fsp3) is 0.316. The van der Waals surface area contributed by atoms with Gasteiger partial charge in [0.1, 0.15) is 11.5 Å². The van der Waals surface area contributed by atoms with Crippen LogP contribution >= 0.6 is 0 Å². The largest absolute Gasteiger partial charge is 0.496 e. The minimum atomic E-state index is -0.0729. The monoisotopic (exact) mass is 328 g/mol. The van der Waals surface area contributed by atoms with Crippen molar-refractivity contribution >= 4 is 11.6 Å². The Kier molecular flexibility index (Phi) is 6.63. The Labute approximate surface area is 143 Å². The molecule has 1 N–H and O–H groups in total. The SMILES string of the molecule is CCN(CC(=O)Nc1ccccc1OC)Cc1ccccc1OC. The molecular formula is C19H24N2O3. The molecule has 2 aromatic carbocycles. The van der Waals surface area contributed by atoms with Gasteiger partial charge in [-0.3, -0.25) is 9.69 Å². The summed E-state index contributed by atoms with van der Waals surface area (Å²) in [5.41, 5.74) is 1.74. The number of carbonyl (C=O) groups excluding carboxylic acids is 1. The lowest BCUT2D eigenvalue weighted by atomic mass is 10.2. The second-order valence-corrected chi connectivity index (χ2v) is 5.36. The van der Waals surface area contributed by atoms with Gasteiger partial charge in [0.15, 0.2) is 0 Å². The Hall–Kier alpha value is -2.53. The van der Waals surface area contributed by atoms with Crippen LogP contribution < -0.4 is 14.8 Å². The third-order valence-electron chi connectivity index (χ3n) is 3.78. The Balaban J connectivity index is 2.00. The van der Waals surface area contributed by atoms with E-state index in [2.05, 4.69) is 10.2 Å². The van der Waals surface area contributed by atoms with Gasteiger partial charge in [-0.2, -0.15) is 0 Å². The number of carbonyl (C=O) groups is 1. The maximum absolute atomic E-state index is 12.4. The van der Waals surface area contributed by atoms with Crippen LogP contribution in [0.1, 0.15) is 12.5 Å². The zero-order valence-electron chi connectivity index (χ0n) is 14.4. The number of ether oxygens (including phenoxy) is 2. The average molecular weight is 328 g/mol. The molecule has 0 aliphatic heterocycles. The average Bonchev–Trinajstić information content (AvgIpc) is 2.62. The molecule has 0 spiro atoms. The van der Waals surface area contributed by atoms with Gasteiger partial charge in [0, 0.05) is 12.1 Å². The first-order chi connectivity index (χ1) is 11.7. The number of benzene rings is 2. The van der Waals surface area contributed by atoms with Crippen molar-refractivity contribution < 1.29 is 14.3 Å². The molecular weight excluding hydrogens is 304 g/mol. The van der Waals surface area contributed by atoms with E-state index in [4.69, 9.17) is 9.47 Å². The summed E-state index contributed by atoms with van der Waals surface area (Å²) >= 11 is 0. The van der Waals surface area contributed by atoms with Crippen LogP contribution in [0.3, 0.4) is 0 Å². The summed E-state index contributed by atoms with van der Waals surface area (Å²) in [5.74, 6) is 1.41. The van der Waals surface area contributed by atoms with Crippen LogP contribution in [0.15, 0.2) is 48.5 Å². The molecule has 0 fully saturated rings. The summed E-state index contributed by atoms with van der Waals surface area (Å²) in [6.07, 6.45) is 0. The van der Waals surface area contributed by atoms with Crippen LogP contribution in [0.5, 0.6) is 11.5 Å². The van der Waals surface area contributed by atoms with Gasteiger partial charge >= 0.3 is 0 Å². The quantitative estimate of drug-likeness (QED) is 0.809. The summed E-state index contributed by atoms with van der Waals surface area (Å²) in [6, 6.07) is 15.2. The first kappa shape index (κ1) is 17.8. The standard InChI is InChI=1S/C19H24N2O3/c1-4-21(13-15-9-5-7-11-17(15)23-2)14-19(22)20-16-10-6-8-12-18(16)24-3/h5-12H,4,13-14H2,1-3H3,(H,20,22). The Morgan fingerprint density at radius 2 is 1.62 bits per heavy atom. The number of anilines is 1. The van der Waals surface area contributed by atoms with Gasteiger partial charge in [0.25, 0.3) is 0 Å². The topological polar surface area (TPSA) is 50.8 Å². The van der Waals surface area contributed by atoms with E-state index >= 15 is 0 Å². The summed E-state index contributed by atoms with van der Waals surface area (Å²) in [7, 11) is 3.24. The second-order valence-electron chi connectivity index (χ2n) is 5.36. The van der Waals surface area contributed by atoms with Crippen molar-refractivity contribution in [2.75, 3.05) is 32.6 Å². The van der Waals surface area contributed by atoms with Gasteiger partial charge in [0.2, 0.25) is 5.91 Å². The Morgan fingerprint density at radius 3 is 2.29 bits per heavy atom. The molecule has 0 heterocycles. The van der Waals surface area contributed by atoms with Crippen LogP contribution in [-0.2, 0) is 11.3 Å². The molecule has 0 radical (unpaired) electrons. The van der Waals surface area contributed by atoms with Crippen molar-refractivity contribution in [1.29, 1.82) is 0 Å². The van der Waals surface area contributed by atoms with Gasteiger partial charge in [-0.05, 0) is 24.7 Å². The van der Waals surface area contributed by atoms with E-state index in [0.717, 1.165) is 17.9 Å². The van der Waals surface area contributed by atoms with Crippen molar-refractivity contribution in [3.63, 3.8) is 0 Å². The molecule has 5 nitrogen and oxygen atoms in total. The van der Waals surface area contributed by atoms with Gasteiger partial charge < -0.3 is 14.8 Å². The number of nitrogens with one attached hydrogen (secondary N) is 1. The van der Waals surface area contributed by atoms with Crippen molar-refractivity contribution in [3.05, 3.63) is 54.1 Å². The molecule has 0 aliphatic carbocycles. The zero-order chi connectivity index (χ0) is 17.4. The number of amides is 1. The van der Waals surface area contributed by atoms with Crippen LogP contribution in [-0.4, -0.2) is 38.1 Å². The highest BCUT2D eigenvalue weighted by atomic mass is 16.5. The third kappa shape index (κ3) is 4.73. The summed E-state index contributed by atoms with van der Waals surface area (Å²) < 4.78 is 10.6. The van der Waals surface area contributed by atoms with E-state index in [9.17, 15) is 4.79 Å². The maximum atomic E-state index is 12.4. The second kappa shape index (κ2) is 8.93. The normalized spacial score (nSPS) is 10.5. The van der Waals surface area contributed by atoms with Crippen molar-refractivity contribution in [3.8, 4) is 11.5 Å². The Bertz CT molecular complexity index is 673. The minimum Gasteiger partial charge on any atom is -0.496 e. The number of methoxy groups -OCH3 is 2. The first-order valence-corrected chi connectivity index (χ1v) is 7.95. The number of likely N-dealkylation sites (N-methyl/N-ethyl adjacent to an activating group) is 1. The number of hydrogen-bond donors (Lipinski definition) is 1. The molecule has 0 bridgehead atoms. The van der Waals surface area contributed by atoms with Crippen molar-refractivity contribution in [2.45, 2.75) is 13.5 Å². The van der Waals surface area contributed by atoms with Crippen LogP contribution in [0.25, 0.3) is 0 Å². The molecule has 0 aliphatic rings. The summed E-state index contributed by atoms with van der Waals surface area (Å²) in [5, 5.41) is 2.90. The predicted molar refractivity (Wildman–Crippen MR) is 95.6 cm³/mol. The molecule has 2 rings (SSSR count). The third-order valence-corrected chi connectivity index (χ3v) is 3.78. The predicted octanol–water partition coefficient (Wildman–Crippen LogP) is 3.16. The molecule has 0 aromatic heterocycles. The van der Waals surface area contributed by atoms with Crippen molar-refractivity contribution in [1.82, 2.24) is 4.90 Å². The van der Waals surface area contributed by atoms with Gasteiger partial charge in [-0.1, -0.05) is 37.3 Å². The minimum absolute atomic E-state index is 0.0729. The van der Waals surface area contributed by atoms with Crippen LogP contribution in [0.2, 0.25) is 0 Å². The fourth-order valence-electron chi connectivity index (χ4n) is 2.49. The molecule has 0 saturated heterocycles. The number of para-hydroxylation sites is 3. The lowest BCUT2D eigenvalue weighted by Gasteiger charge is -2.21. The van der Waals surface area contributed by atoms with Gasteiger partial charge in [-0.15, -0.1) is 0 Å². The van der Waals surface area contributed by atoms with Crippen LogP contribution in [0, 0.1) is 0 Å². The summed E-state index contributed by atoms with van der Waals surface area (Å²) in [4.78, 5) is 14.4. The van der Waals surface area contributed by atoms with E-state index in [1.807, 2.05) is 55.5 Å². The molecule has 0 saturated carbocycles. The molecule has 5 heteroatoms. The molecule has 0 unspecified atom stereocenters. The molecule has 128 valence electrons. The van der Waals surface area contributed by atoms with E-state index in [-0.39, 0.29) is 5.91 Å². The Morgan fingerprint density at radius 1 is 1.00 bits per heavy atom. The first-order valence-electron chi connectivity index (χ1n) is 7.95. The van der Waals surface area contributed by atoms with E-state index in [0.29, 0.717) is 24.5 Å². The number of rotatable bonds is 8. The lowest BCUT2D eigenvalue weighted by Crippen LogP contribution is -2.33. The van der Waals surface area contributed by atoms with Gasteiger partial charge in [0.05, 0.1) is 26.5 Å². The number of nitrogens with zero attached hydrogens (tertiary/aromatic N) is 1. The number of hydrogen-bond acceptors (Lipinski definition) is 4. The van der Waals surface area contributed by atoms with Crippen molar-refractivity contribution in [2.24, 2.45) is 0 Å². The highest BCUT2D eigenvalue weighted by Gasteiger charge is 2.13. The molecule has 24 heavy (non-hydrogen) atoms. The molecule has 2 aromatic rings. The molecule has 1 amide bonds. The van der Waals surface area contributed by atoms with E-state index in [1.165, 1.54) is 0 Å². The van der Waals surface area contributed by atoms with E-state index in [1.54, 1.807) is 14.2 Å². The maximum Gasteiger partial charge on any atom is 0.238 e. The zero-order valence-corrected chi connectivity index (χ0v) is 14.4. The highest BCUT2D eigenvalue weighted by Crippen LogP contribution is 2.23. The lowest BCUT2D eigenvalue weighted by molar-refractivity contribution is -0.117. The summed E-state index contributed by atoms with van der Waals surface area (Å²) in [6.45, 7) is 3.75. The smallest absolute Gasteiger partial charge is 0.238 e. The van der Waals surface area contributed by atoms with Crippen LogP contribution in [0.4, 0.5) is 5.69 Å². The highest BCUT2D eigenvalue weighted by molar-refractivity contribution is 5.93.